The van der Waals surface area contributed by atoms with E-state index in [0.717, 1.165) is 54.4 Å². The van der Waals surface area contributed by atoms with Gasteiger partial charge in [0, 0.05) is 49.9 Å². The van der Waals surface area contributed by atoms with Gasteiger partial charge < -0.3 is 14.5 Å². The van der Waals surface area contributed by atoms with Crippen LogP contribution in [-0.2, 0) is 6.42 Å². The zero-order valence-corrected chi connectivity index (χ0v) is 17.8. The first-order chi connectivity index (χ1) is 14.5. The highest BCUT2D eigenvalue weighted by Crippen LogP contribution is 2.23. The molecule has 0 atom stereocenters. The molecule has 0 amide bonds. The first-order valence-electron chi connectivity index (χ1n) is 10.3. The molecule has 2 aromatic carbocycles. The van der Waals surface area contributed by atoms with Crippen molar-refractivity contribution >= 4 is 11.6 Å². The fourth-order valence-electron chi connectivity index (χ4n) is 3.85. The number of nitrogens with one attached hydrogen (secondary N) is 1. The van der Waals surface area contributed by atoms with Crippen LogP contribution in [0.15, 0.2) is 53.3 Å². The predicted octanol–water partition coefficient (Wildman–Crippen LogP) is 3.31. The first kappa shape index (κ1) is 20.0. The van der Waals surface area contributed by atoms with E-state index in [-0.39, 0.29) is 5.56 Å². The number of piperazine rings is 1. The Balaban J connectivity index is 1.46. The molecule has 0 spiro atoms. The van der Waals surface area contributed by atoms with Crippen molar-refractivity contribution in [1.29, 1.82) is 0 Å². The van der Waals surface area contributed by atoms with Gasteiger partial charge in [0.15, 0.2) is 0 Å². The van der Waals surface area contributed by atoms with Gasteiger partial charge in [0.25, 0.3) is 5.56 Å². The van der Waals surface area contributed by atoms with Crippen LogP contribution in [0.3, 0.4) is 0 Å². The Morgan fingerprint density at radius 3 is 2.37 bits per heavy atom. The summed E-state index contributed by atoms with van der Waals surface area (Å²) < 4.78 is 5.34. The van der Waals surface area contributed by atoms with Crippen LogP contribution >= 0.6 is 0 Å². The number of hydrogen-bond donors (Lipinski definition) is 1. The number of rotatable bonds is 5. The molecule has 0 unspecified atom stereocenters. The lowest BCUT2D eigenvalue weighted by Gasteiger charge is -2.36. The highest BCUT2D eigenvalue weighted by Gasteiger charge is 2.20. The monoisotopic (exact) mass is 404 g/mol. The van der Waals surface area contributed by atoms with Crippen molar-refractivity contribution in [2.24, 2.45) is 0 Å². The molecule has 30 heavy (non-hydrogen) atoms. The van der Waals surface area contributed by atoms with E-state index >= 15 is 0 Å². The van der Waals surface area contributed by atoms with E-state index in [1.165, 1.54) is 5.56 Å². The van der Waals surface area contributed by atoms with Crippen LogP contribution in [0.4, 0.5) is 11.6 Å². The van der Waals surface area contributed by atoms with Crippen LogP contribution in [0.25, 0.3) is 0 Å². The molecule has 3 aromatic rings. The van der Waals surface area contributed by atoms with E-state index in [4.69, 9.17) is 9.72 Å². The van der Waals surface area contributed by atoms with Gasteiger partial charge in [-0.2, -0.15) is 0 Å². The highest BCUT2D eigenvalue weighted by atomic mass is 16.5. The summed E-state index contributed by atoms with van der Waals surface area (Å²) in [6.45, 7) is 7.32. The average molecular weight is 405 g/mol. The normalized spacial score (nSPS) is 14.1. The summed E-state index contributed by atoms with van der Waals surface area (Å²) in [6.07, 6.45) is 0.596. The third-order valence-corrected chi connectivity index (χ3v) is 5.71. The van der Waals surface area contributed by atoms with Crippen molar-refractivity contribution in [3.05, 3.63) is 81.3 Å². The minimum Gasteiger partial charge on any atom is -0.497 e. The van der Waals surface area contributed by atoms with Gasteiger partial charge in [-0.25, -0.2) is 4.98 Å². The molecule has 1 aliphatic rings. The third-order valence-electron chi connectivity index (χ3n) is 5.71. The van der Waals surface area contributed by atoms with Crippen molar-refractivity contribution in [1.82, 2.24) is 9.97 Å². The Morgan fingerprint density at radius 2 is 1.70 bits per heavy atom. The second kappa shape index (κ2) is 8.61. The molecule has 1 fully saturated rings. The molecule has 0 saturated carbocycles. The van der Waals surface area contributed by atoms with Crippen LogP contribution in [0, 0.1) is 13.8 Å². The van der Waals surface area contributed by atoms with E-state index in [0.29, 0.717) is 12.4 Å². The first-order valence-corrected chi connectivity index (χ1v) is 10.3. The maximum Gasteiger partial charge on any atom is 0.256 e. The number of anilines is 2. The summed E-state index contributed by atoms with van der Waals surface area (Å²) in [5, 5.41) is 0. The summed E-state index contributed by atoms with van der Waals surface area (Å²) in [7, 11) is 1.68. The maximum absolute atomic E-state index is 12.8. The molecule has 2 heterocycles. The lowest BCUT2D eigenvalue weighted by molar-refractivity contribution is 0.414. The molecule has 0 radical (unpaired) electrons. The van der Waals surface area contributed by atoms with Gasteiger partial charge in [-0.1, -0.05) is 35.9 Å². The van der Waals surface area contributed by atoms with Crippen molar-refractivity contribution in [3.8, 4) is 5.75 Å². The fourth-order valence-corrected chi connectivity index (χ4v) is 3.85. The number of ether oxygens (including phenoxy) is 1. The number of methoxy groups -OCH3 is 1. The maximum atomic E-state index is 12.8. The summed E-state index contributed by atoms with van der Waals surface area (Å²) in [6, 6.07) is 16.4. The molecule has 4 rings (SSSR count). The molecule has 0 aliphatic carbocycles. The lowest BCUT2D eigenvalue weighted by Crippen LogP contribution is -2.47. The molecule has 1 saturated heterocycles. The van der Waals surface area contributed by atoms with E-state index < -0.39 is 0 Å². The standard InChI is InChI=1S/C24H28N4O2/c1-17-7-9-19(10-8-17)15-22-18(2)25-24(26-23(22)29)28-13-11-27(12-14-28)20-5-4-6-21(16-20)30-3/h4-10,16H,11-15H2,1-3H3,(H,25,26,29). The van der Waals surface area contributed by atoms with Gasteiger partial charge >= 0.3 is 0 Å². The van der Waals surface area contributed by atoms with E-state index in [9.17, 15) is 4.79 Å². The van der Waals surface area contributed by atoms with Crippen LogP contribution in [0.1, 0.15) is 22.4 Å². The lowest BCUT2D eigenvalue weighted by atomic mass is 10.0. The van der Waals surface area contributed by atoms with Gasteiger partial charge in [0.2, 0.25) is 5.95 Å². The summed E-state index contributed by atoms with van der Waals surface area (Å²) in [5.41, 5.74) is 4.97. The summed E-state index contributed by atoms with van der Waals surface area (Å²) in [4.78, 5) is 25.0. The number of H-pyrrole nitrogens is 1. The average Bonchev–Trinajstić information content (AvgIpc) is 2.77. The largest absolute Gasteiger partial charge is 0.497 e. The number of benzene rings is 2. The molecule has 1 aromatic heterocycles. The molecular weight excluding hydrogens is 376 g/mol. The number of aromatic amines is 1. The molecule has 1 N–H and O–H groups in total. The van der Waals surface area contributed by atoms with Crippen LogP contribution in [0.5, 0.6) is 5.75 Å². The molecule has 156 valence electrons. The number of hydrogen-bond acceptors (Lipinski definition) is 5. The molecule has 6 heteroatoms. The van der Waals surface area contributed by atoms with Gasteiger partial charge in [-0.15, -0.1) is 0 Å². The molecule has 6 nitrogen and oxygen atoms in total. The minimum absolute atomic E-state index is 0.0479. The van der Waals surface area contributed by atoms with E-state index in [1.807, 2.05) is 19.1 Å². The van der Waals surface area contributed by atoms with Gasteiger partial charge in [-0.05, 0) is 31.5 Å². The Morgan fingerprint density at radius 1 is 1.00 bits per heavy atom. The highest BCUT2D eigenvalue weighted by molar-refractivity contribution is 5.52. The van der Waals surface area contributed by atoms with E-state index in [2.05, 4.69) is 58.1 Å². The van der Waals surface area contributed by atoms with Gasteiger partial charge in [-0.3, -0.25) is 9.78 Å². The smallest absolute Gasteiger partial charge is 0.256 e. The fraction of sp³-hybridized carbons (Fsp3) is 0.333. The zero-order valence-electron chi connectivity index (χ0n) is 17.8. The second-order valence-corrected chi connectivity index (χ2v) is 7.79. The summed E-state index contributed by atoms with van der Waals surface area (Å²) >= 11 is 0. The summed E-state index contributed by atoms with van der Waals surface area (Å²) in [5.74, 6) is 1.52. The Hall–Kier alpha value is -3.28. The third kappa shape index (κ3) is 4.32. The van der Waals surface area contributed by atoms with Crippen LogP contribution < -0.4 is 20.1 Å². The van der Waals surface area contributed by atoms with Gasteiger partial charge in [0.1, 0.15) is 5.75 Å². The molecular formula is C24H28N4O2. The predicted molar refractivity (Wildman–Crippen MR) is 121 cm³/mol. The molecule has 0 bridgehead atoms. The Bertz CT molecular complexity index is 1070. The van der Waals surface area contributed by atoms with Crippen LogP contribution in [-0.4, -0.2) is 43.3 Å². The van der Waals surface area contributed by atoms with Crippen molar-refractivity contribution in [3.63, 3.8) is 0 Å². The molecule has 1 aliphatic heterocycles. The van der Waals surface area contributed by atoms with Gasteiger partial charge in [0.05, 0.1) is 12.8 Å². The Labute approximate surface area is 177 Å². The number of aromatic nitrogens is 2. The number of nitrogens with zero attached hydrogens (tertiary/aromatic N) is 3. The van der Waals surface area contributed by atoms with Crippen molar-refractivity contribution in [2.75, 3.05) is 43.1 Å². The van der Waals surface area contributed by atoms with Crippen LogP contribution in [0.2, 0.25) is 0 Å². The quantitative estimate of drug-likeness (QED) is 0.707. The Kier molecular flexibility index (Phi) is 5.74. The zero-order chi connectivity index (χ0) is 21.1. The second-order valence-electron chi connectivity index (χ2n) is 7.79. The minimum atomic E-state index is -0.0479. The number of aryl methyl sites for hydroxylation is 2. The van der Waals surface area contributed by atoms with Crippen molar-refractivity contribution in [2.45, 2.75) is 20.3 Å². The van der Waals surface area contributed by atoms with Crippen molar-refractivity contribution < 1.29 is 4.74 Å². The SMILES string of the molecule is COc1cccc(N2CCN(c3nc(C)c(Cc4ccc(C)cc4)c(=O)[nH]3)CC2)c1. The topological polar surface area (TPSA) is 61.5 Å². The van der Waals surface area contributed by atoms with E-state index in [1.54, 1.807) is 7.11 Å².